The molecule has 1 aliphatic heterocycles. The highest BCUT2D eigenvalue weighted by Gasteiger charge is 2.27. The van der Waals surface area contributed by atoms with Crippen LogP contribution >= 0.6 is 0 Å². The van der Waals surface area contributed by atoms with Crippen molar-refractivity contribution >= 4 is 16.8 Å². The van der Waals surface area contributed by atoms with Crippen LogP contribution in [0.4, 0.5) is 0 Å². The molecule has 2 heterocycles. The van der Waals surface area contributed by atoms with Gasteiger partial charge < -0.3 is 14.6 Å². The van der Waals surface area contributed by atoms with Crippen molar-refractivity contribution in [2.45, 2.75) is 19.5 Å². The van der Waals surface area contributed by atoms with Crippen LogP contribution < -0.4 is 0 Å². The van der Waals surface area contributed by atoms with Crippen LogP contribution in [0, 0.1) is 0 Å². The normalized spacial score (nSPS) is 13.4. The Balaban J connectivity index is 1.57. The summed E-state index contributed by atoms with van der Waals surface area (Å²) in [4.78, 5) is 15.0. The Morgan fingerprint density at radius 1 is 0.897 bits per heavy atom. The number of benzene rings is 3. The fourth-order valence-corrected chi connectivity index (χ4v) is 4.33. The summed E-state index contributed by atoms with van der Waals surface area (Å²) in [6, 6.07) is 25.3. The van der Waals surface area contributed by atoms with Gasteiger partial charge in [0.1, 0.15) is 5.75 Å². The van der Waals surface area contributed by atoms with Crippen molar-refractivity contribution in [2.24, 2.45) is 0 Å². The summed E-state index contributed by atoms with van der Waals surface area (Å²) in [5.41, 5.74) is 5.22. The van der Waals surface area contributed by atoms with Crippen molar-refractivity contribution in [3.8, 4) is 5.75 Å². The second-order valence-corrected chi connectivity index (χ2v) is 7.50. The lowest BCUT2D eigenvalue weighted by Crippen LogP contribution is -2.36. The van der Waals surface area contributed by atoms with Crippen molar-refractivity contribution in [1.82, 2.24) is 9.47 Å². The summed E-state index contributed by atoms with van der Waals surface area (Å²) in [5, 5.41) is 11.5. The number of hydrogen-bond acceptors (Lipinski definition) is 2. The van der Waals surface area contributed by atoms with Gasteiger partial charge in [-0.25, -0.2) is 0 Å². The molecule has 0 radical (unpaired) electrons. The second-order valence-electron chi connectivity index (χ2n) is 7.50. The maximum atomic E-state index is 13.0. The van der Waals surface area contributed by atoms with Gasteiger partial charge in [0.25, 0.3) is 5.91 Å². The smallest absolute Gasteiger partial charge is 0.254 e. The number of phenolic OH excluding ortho intramolecular Hbond substituents is 1. The minimum absolute atomic E-state index is 0.0654. The Kier molecular flexibility index (Phi) is 4.32. The maximum absolute atomic E-state index is 13.0. The number of nitrogens with zero attached hydrogens (tertiary/aromatic N) is 2. The molecule has 29 heavy (non-hydrogen) atoms. The van der Waals surface area contributed by atoms with Gasteiger partial charge in [0, 0.05) is 34.3 Å². The maximum Gasteiger partial charge on any atom is 0.254 e. The summed E-state index contributed by atoms with van der Waals surface area (Å²) in [5.74, 6) is 0.364. The average Bonchev–Trinajstić information content (AvgIpc) is 3.08. The van der Waals surface area contributed by atoms with E-state index >= 15 is 0 Å². The molecule has 0 atom stereocenters. The van der Waals surface area contributed by atoms with Crippen LogP contribution in [0.1, 0.15) is 27.2 Å². The molecule has 4 nitrogen and oxygen atoms in total. The van der Waals surface area contributed by atoms with E-state index in [1.807, 2.05) is 59.5 Å². The molecule has 0 fully saturated rings. The fourth-order valence-electron chi connectivity index (χ4n) is 4.33. The van der Waals surface area contributed by atoms with Gasteiger partial charge in [-0.15, -0.1) is 0 Å². The van der Waals surface area contributed by atoms with Gasteiger partial charge in [0.2, 0.25) is 0 Å². The van der Waals surface area contributed by atoms with Crippen molar-refractivity contribution in [2.75, 3.05) is 6.54 Å². The summed E-state index contributed by atoms with van der Waals surface area (Å²) in [7, 11) is 0. The topological polar surface area (TPSA) is 45.5 Å². The van der Waals surface area contributed by atoms with E-state index in [0.29, 0.717) is 25.4 Å². The Labute approximate surface area is 169 Å². The highest BCUT2D eigenvalue weighted by Crippen LogP contribution is 2.33. The number of rotatable bonds is 3. The number of carbonyl (C=O) groups is 1. The molecule has 0 unspecified atom stereocenters. The third-order valence-electron chi connectivity index (χ3n) is 5.79. The van der Waals surface area contributed by atoms with Crippen molar-refractivity contribution in [3.63, 3.8) is 0 Å². The van der Waals surface area contributed by atoms with E-state index in [0.717, 1.165) is 28.8 Å². The summed E-state index contributed by atoms with van der Waals surface area (Å²) in [6.07, 6.45) is 0.836. The van der Waals surface area contributed by atoms with E-state index in [4.69, 9.17) is 0 Å². The number of phenols is 1. The Bertz CT molecular complexity index is 1190. The van der Waals surface area contributed by atoms with Crippen molar-refractivity contribution in [1.29, 1.82) is 0 Å². The molecule has 4 aromatic rings. The van der Waals surface area contributed by atoms with E-state index in [1.54, 1.807) is 6.07 Å². The molecule has 1 aliphatic rings. The lowest BCUT2D eigenvalue weighted by atomic mass is 10.0. The Hall–Kier alpha value is -3.53. The van der Waals surface area contributed by atoms with Crippen molar-refractivity contribution in [3.05, 3.63) is 101 Å². The third kappa shape index (κ3) is 3.07. The fraction of sp³-hybridized carbons (Fsp3) is 0.160. The first kappa shape index (κ1) is 17.6. The first-order valence-electron chi connectivity index (χ1n) is 9.92. The average molecular weight is 382 g/mol. The van der Waals surface area contributed by atoms with Gasteiger partial charge >= 0.3 is 0 Å². The molecule has 3 aromatic carbocycles. The summed E-state index contributed by atoms with van der Waals surface area (Å²) < 4.78 is 2.25. The first-order chi connectivity index (χ1) is 14.2. The van der Waals surface area contributed by atoms with E-state index < -0.39 is 0 Å². The lowest BCUT2D eigenvalue weighted by Gasteiger charge is -2.29. The predicted molar refractivity (Wildman–Crippen MR) is 114 cm³/mol. The van der Waals surface area contributed by atoms with Gasteiger partial charge in [-0.2, -0.15) is 0 Å². The predicted octanol–water partition coefficient (Wildman–Crippen LogP) is 4.59. The van der Waals surface area contributed by atoms with E-state index in [2.05, 4.69) is 22.8 Å². The standard InChI is InChI=1S/C25H22N2O2/c28-24-13-7-4-10-19(24)16-27-22-12-6-5-11-20(22)21-14-15-26(17-23(21)27)25(29)18-8-2-1-3-9-18/h1-13,28H,14-17H2. The summed E-state index contributed by atoms with van der Waals surface area (Å²) >= 11 is 0. The molecule has 1 amide bonds. The van der Waals surface area contributed by atoms with Gasteiger partial charge in [-0.05, 0) is 36.2 Å². The van der Waals surface area contributed by atoms with Crippen LogP contribution in [-0.2, 0) is 19.5 Å². The molecule has 1 aromatic heterocycles. The van der Waals surface area contributed by atoms with Crippen LogP contribution in [0.3, 0.4) is 0 Å². The molecule has 0 aliphatic carbocycles. The van der Waals surface area contributed by atoms with E-state index in [9.17, 15) is 9.90 Å². The minimum atomic E-state index is 0.0654. The van der Waals surface area contributed by atoms with Gasteiger partial charge in [-0.1, -0.05) is 54.6 Å². The lowest BCUT2D eigenvalue weighted by molar-refractivity contribution is 0.0730. The molecule has 4 heteroatoms. The first-order valence-corrected chi connectivity index (χ1v) is 9.92. The zero-order valence-corrected chi connectivity index (χ0v) is 16.1. The molecular weight excluding hydrogens is 360 g/mol. The summed E-state index contributed by atoms with van der Waals surface area (Å²) in [6.45, 7) is 1.87. The van der Waals surface area contributed by atoms with Gasteiger partial charge in [0.05, 0.1) is 13.1 Å². The molecule has 5 rings (SSSR count). The van der Waals surface area contributed by atoms with Gasteiger partial charge in [-0.3, -0.25) is 4.79 Å². The molecule has 0 saturated heterocycles. The number of aromatic hydroxyl groups is 1. The quantitative estimate of drug-likeness (QED) is 0.563. The van der Waals surface area contributed by atoms with E-state index in [-0.39, 0.29) is 5.91 Å². The van der Waals surface area contributed by atoms with Crippen LogP contribution in [0.15, 0.2) is 78.9 Å². The minimum Gasteiger partial charge on any atom is -0.508 e. The molecule has 144 valence electrons. The molecule has 1 N–H and O–H groups in total. The number of para-hydroxylation sites is 2. The molecular formula is C25H22N2O2. The SMILES string of the molecule is O=C(c1ccccc1)N1CCc2c(n(Cc3ccccc3O)c3ccccc23)C1. The second kappa shape index (κ2) is 7.13. The number of hydrogen-bond donors (Lipinski definition) is 1. The van der Waals surface area contributed by atoms with Crippen molar-refractivity contribution < 1.29 is 9.90 Å². The number of amides is 1. The zero-order chi connectivity index (χ0) is 19.8. The number of carbonyl (C=O) groups excluding carboxylic acids is 1. The monoisotopic (exact) mass is 382 g/mol. The molecule has 0 bridgehead atoms. The zero-order valence-electron chi connectivity index (χ0n) is 16.1. The van der Waals surface area contributed by atoms with E-state index in [1.165, 1.54) is 10.9 Å². The highest BCUT2D eigenvalue weighted by atomic mass is 16.3. The largest absolute Gasteiger partial charge is 0.508 e. The van der Waals surface area contributed by atoms with Crippen LogP contribution in [0.2, 0.25) is 0 Å². The third-order valence-corrected chi connectivity index (χ3v) is 5.79. The Morgan fingerprint density at radius 2 is 1.62 bits per heavy atom. The van der Waals surface area contributed by atoms with Crippen LogP contribution in [0.5, 0.6) is 5.75 Å². The Morgan fingerprint density at radius 3 is 2.45 bits per heavy atom. The van der Waals surface area contributed by atoms with Crippen LogP contribution in [-0.4, -0.2) is 27.0 Å². The molecule has 0 spiro atoms. The molecule has 0 saturated carbocycles. The van der Waals surface area contributed by atoms with Crippen LogP contribution in [0.25, 0.3) is 10.9 Å². The number of aromatic nitrogens is 1. The van der Waals surface area contributed by atoms with Gasteiger partial charge in [0.15, 0.2) is 0 Å². The highest BCUT2D eigenvalue weighted by molar-refractivity contribution is 5.95. The number of fused-ring (bicyclic) bond motifs is 3.